The van der Waals surface area contributed by atoms with Gasteiger partial charge >= 0.3 is 0 Å². The second-order valence-corrected chi connectivity index (χ2v) is 4.97. The van der Waals surface area contributed by atoms with E-state index in [0.717, 1.165) is 5.56 Å². The van der Waals surface area contributed by atoms with Gasteiger partial charge in [0.1, 0.15) is 0 Å². The molecule has 1 rings (SSSR count). The van der Waals surface area contributed by atoms with Gasteiger partial charge in [-0.1, -0.05) is 29.3 Å². The number of halogens is 3. The van der Waals surface area contributed by atoms with Gasteiger partial charge < -0.3 is 5.32 Å². The van der Waals surface area contributed by atoms with Crippen molar-refractivity contribution in [2.24, 2.45) is 0 Å². The number of benzene rings is 1. The molecule has 5 heteroatoms. The lowest BCUT2D eigenvalue weighted by atomic mass is 10.1. The van der Waals surface area contributed by atoms with E-state index < -0.39 is 0 Å². The zero-order chi connectivity index (χ0) is 12.8. The molecule has 0 aliphatic heterocycles. The minimum Gasteiger partial charge on any atom is -0.350 e. The second kappa shape index (κ2) is 7.10. The summed E-state index contributed by atoms with van der Waals surface area (Å²) in [5, 5.41) is 4.01. The molecule has 94 valence electrons. The molecule has 0 heterocycles. The van der Waals surface area contributed by atoms with Gasteiger partial charge in [0.25, 0.3) is 0 Å². The third-order valence-electron chi connectivity index (χ3n) is 2.34. The summed E-state index contributed by atoms with van der Waals surface area (Å²) < 4.78 is 0. The van der Waals surface area contributed by atoms with E-state index in [2.05, 4.69) is 5.32 Å². The Morgan fingerprint density at radius 1 is 1.41 bits per heavy atom. The van der Waals surface area contributed by atoms with E-state index in [-0.39, 0.29) is 11.9 Å². The van der Waals surface area contributed by atoms with Crippen LogP contribution in [0.3, 0.4) is 0 Å². The van der Waals surface area contributed by atoms with Crippen LogP contribution in [-0.4, -0.2) is 11.8 Å². The van der Waals surface area contributed by atoms with Gasteiger partial charge in [-0.25, -0.2) is 0 Å². The third-order valence-corrected chi connectivity index (χ3v) is 3.17. The number of amides is 1. The van der Waals surface area contributed by atoms with Gasteiger partial charge in [-0.15, -0.1) is 11.6 Å². The lowest BCUT2D eigenvalue weighted by Crippen LogP contribution is -2.26. The maximum atomic E-state index is 11.5. The van der Waals surface area contributed by atoms with E-state index in [4.69, 9.17) is 34.8 Å². The zero-order valence-corrected chi connectivity index (χ0v) is 11.7. The van der Waals surface area contributed by atoms with Crippen LogP contribution in [0.2, 0.25) is 10.0 Å². The highest BCUT2D eigenvalue weighted by atomic mass is 35.5. The quantitative estimate of drug-likeness (QED) is 0.811. The van der Waals surface area contributed by atoms with Gasteiger partial charge in [0.15, 0.2) is 0 Å². The van der Waals surface area contributed by atoms with E-state index in [1.54, 1.807) is 12.1 Å². The number of carbonyl (C=O) groups excluding carboxylic acids is 1. The topological polar surface area (TPSA) is 29.1 Å². The first-order valence-corrected chi connectivity index (χ1v) is 6.64. The molecule has 1 unspecified atom stereocenters. The molecule has 0 spiro atoms. The summed E-state index contributed by atoms with van der Waals surface area (Å²) in [6.45, 7) is 1.88. The van der Waals surface area contributed by atoms with Crippen LogP contribution in [0.25, 0.3) is 0 Å². The summed E-state index contributed by atoms with van der Waals surface area (Å²) in [4.78, 5) is 11.5. The van der Waals surface area contributed by atoms with Crippen LogP contribution < -0.4 is 5.32 Å². The monoisotopic (exact) mass is 293 g/mol. The number of rotatable bonds is 5. The fourth-order valence-corrected chi connectivity index (χ4v) is 2.18. The average Bonchev–Trinajstić information content (AvgIpc) is 2.26. The van der Waals surface area contributed by atoms with Gasteiger partial charge in [-0.2, -0.15) is 0 Å². The van der Waals surface area contributed by atoms with Gasteiger partial charge in [0, 0.05) is 22.3 Å². The van der Waals surface area contributed by atoms with Crippen molar-refractivity contribution < 1.29 is 4.79 Å². The summed E-state index contributed by atoms with van der Waals surface area (Å²) >= 11 is 17.4. The summed E-state index contributed by atoms with van der Waals surface area (Å²) in [5.74, 6) is 0.466. The van der Waals surface area contributed by atoms with Crippen LogP contribution in [-0.2, 0) is 4.79 Å². The molecule has 0 bridgehead atoms. The first kappa shape index (κ1) is 14.6. The number of carbonyl (C=O) groups is 1. The summed E-state index contributed by atoms with van der Waals surface area (Å²) in [5.41, 5.74) is 0.857. The Hall–Kier alpha value is -0.440. The first-order chi connectivity index (χ1) is 8.04. The van der Waals surface area contributed by atoms with Crippen molar-refractivity contribution in [1.29, 1.82) is 0 Å². The molecule has 1 atom stereocenters. The molecule has 0 aliphatic carbocycles. The van der Waals surface area contributed by atoms with Crippen LogP contribution in [0.5, 0.6) is 0 Å². The number of alkyl halides is 1. The molecule has 1 amide bonds. The number of nitrogens with one attached hydrogen (secondary N) is 1. The van der Waals surface area contributed by atoms with Crippen LogP contribution in [0, 0.1) is 0 Å². The fourth-order valence-electron chi connectivity index (χ4n) is 1.47. The normalized spacial score (nSPS) is 12.2. The van der Waals surface area contributed by atoms with Gasteiger partial charge in [0.2, 0.25) is 5.91 Å². The Kier molecular flexibility index (Phi) is 6.10. The first-order valence-electron chi connectivity index (χ1n) is 5.35. The van der Waals surface area contributed by atoms with Crippen molar-refractivity contribution in [3.8, 4) is 0 Å². The smallest absolute Gasteiger partial charge is 0.220 e. The standard InChI is InChI=1S/C12H14Cl3NO/c1-8(16-12(17)3-2-6-13)10-5-4-9(14)7-11(10)15/h4-5,7-8H,2-3,6H2,1H3,(H,16,17). The lowest BCUT2D eigenvalue weighted by molar-refractivity contribution is -0.121. The van der Waals surface area contributed by atoms with Gasteiger partial charge in [0.05, 0.1) is 6.04 Å². The molecular formula is C12H14Cl3NO. The highest BCUT2D eigenvalue weighted by Gasteiger charge is 2.12. The fraction of sp³-hybridized carbons (Fsp3) is 0.417. The van der Waals surface area contributed by atoms with E-state index in [1.165, 1.54) is 0 Å². The molecule has 1 aromatic rings. The third kappa shape index (κ3) is 4.74. The average molecular weight is 295 g/mol. The maximum Gasteiger partial charge on any atom is 0.220 e. The van der Waals surface area contributed by atoms with Crippen molar-refractivity contribution >= 4 is 40.7 Å². The minimum absolute atomic E-state index is 0.0239. The van der Waals surface area contributed by atoms with Crippen molar-refractivity contribution in [2.75, 3.05) is 5.88 Å². The molecule has 17 heavy (non-hydrogen) atoms. The molecule has 0 fully saturated rings. The molecule has 0 aromatic heterocycles. The van der Waals surface area contributed by atoms with Gasteiger partial charge in [-0.3, -0.25) is 4.79 Å². The summed E-state index contributed by atoms with van der Waals surface area (Å²) in [7, 11) is 0. The van der Waals surface area contributed by atoms with Crippen LogP contribution in [0.1, 0.15) is 31.4 Å². The second-order valence-electron chi connectivity index (χ2n) is 3.75. The zero-order valence-electron chi connectivity index (χ0n) is 9.47. The molecule has 0 aliphatic rings. The predicted molar refractivity (Wildman–Crippen MR) is 73.0 cm³/mol. The van der Waals surface area contributed by atoms with Crippen molar-refractivity contribution in [3.63, 3.8) is 0 Å². The van der Waals surface area contributed by atoms with E-state index in [0.29, 0.717) is 28.8 Å². The number of hydrogen-bond donors (Lipinski definition) is 1. The summed E-state index contributed by atoms with van der Waals surface area (Å²) in [6.07, 6.45) is 1.10. The van der Waals surface area contributed by atoms with Crippen molar-refractivity contribution in [3.05, 3.63) is 33.8 Å². The van der Waals surface area contributed by atoms with Crippen molar-refractivity contribution in [1.82, 2.24) is 5.32 Å². The van der Waals surface area contributed by atoms with E-state index in [1.807, 2.05) is 13.0 Å². The van der Waals surface area contributed by atoms with E-state index in [9.17, 15) is 4.79 Å². The van der Waals surface area contributed by atoms with Crippen LogP contribution >= 0.6 is 34.8 Å². The minimum atomic E-state index is -0.136. The molecule has 1 aromatic carbocycles. The molecule has 1 N–H and O–H groups in total. The lowest BCUT2D eigenvalue weighted by Gasteiger charge is -2.15. The highest BCUT2D eigenvalue weighted by Crippen LogP contribution is 2.26. The largest absolute Gasteiger partial charge is 0.350 e. The van der Waals surface area contributed by atoms with Crippen LogP contribution in [0.15, 0.2) is 18.2 Å². The maximum absolute atomic E-state index is 11.5. The Balaban J connectivity index is 2.63. The highest BCUT2D eigenvalue weighted by molar-refractivity contribution is 6.35. The molecular weight excluding hydrogens is 280 g/mol. The number of hydrogen-bond acceptors (Lipinski definition) is 1. The molecule has 2 nitrogen and oxygen atoms in total. The van der Waals surface area contributed by atoms with Gasteiger partial charge in [-0.05, 0) is 31.0 Å². The Morgan fingerprint density at radius 3 is 2.71 bits per heavy atom. The Morgan fingerprint density at radius 2 is 2.12 bits per heavy atom. The van der Waals surface area contributed by atoms with Crippen molar-refractivity contribution in [2.45, 2.75) is 25.8 Å². The molecule has 0 saturated carbocycles. The molecule has 0 radical (unpaired) electrons. The Bertz CT molecular complexity index is 395. The predicted octanol–water partition coefficient (Wildman–Crippen LogP) is 4.19. The van der Waals surface area contributed by atoms with E-state index >= 15 is 0 Å². The molecule has 0 saturated heterocycles. The summed E-state index contributed by atoms with van der Waals surface area (Å²) in [6, 6.07) is 5.10. The Labute approximate surface area is 116 Å². The van der Waals surface area contributed by atoms with Crippen LogP contribution in [0.4, 0.5) is 0 Å². The SMILES string of the molecule is CC(NC(=O)CCCCl)c1ccc(Cl)cc1Cl.